The molecule has 0 aliphatic carbocycles. The SMILES string of the molecule is COc1ccc(C=O)cc1Cn1c(=O)n(-c2ccc(F)cc2)c(=O)c2c(C)c(C(=O)N(C)C)sc21. The summed E-state index contributed by atoms with van der Waals surface area (Å²) in [5, 5.41) is 0.217. The van der Waals surface area contributed by atoms with Crippen molar-refractivity contribution < 1.29 is 18.7 Å². The van der Waals surface area contributed by atoms with Gasteiger partial charge in [-0.3, -0.25) is 19.0 Å². The van der Waals surface area contributed by atoms with E-state index in [-0.39, 0.29) is 23.5 Å². The zero-order chi connectivity index (χ0) is 25.4. The van der Waals surface area contributed by atoms with Crippen molar-refractivity contribution in [3.63, 3.8) is 0 Å². The van der Waals surface area contributed by atoms with Crippen LogP contribution in [0.5, 0.6) is 5.75 Å². The van der Waals surface area contributed by atoms with E-state index in [0.29, 0.717) is 38.4 Å². The summed E-state index contributed by atoms with van der Waals surface area (Å²) in [6.45, 7) is 1.63. The number of fused-ring (bicyclic) bond motifs is 1. The van der Waals surface area contributed by atoms with E-state index in [9.17, 15) is 23.6 Å². The molecule has 0 aliphatic rings. The van der Waals surface area contributed by atoms with Crippen LogP contribution in [0, 0.1) is 12.7 Å². The molecule has 2 aromatic carbocycles. The van der Waals surface area contributed by atoms with Gasteiger partial charge in [-0.25, -0.2) is 13.8 Å². The Hall–Kier alpha value is -4.05. The molecular formula is C25H22FN3O5S. The van der Waals surface area contributed by atoms with Crippen molar-refractivity contribution in [2.45, 2.75) is 13.5 Å². The molecule has 10 heteroatoms. The van der Waals surface area contributed by atoms with Gasteiger partial charge < -0.3 is 9.64 Å². The summed E-state index contributed by atoms with van der Waals surface area (Å²) < 4.78 is 21.3. The van der Waals surface area contributed by atoms with E-state index in [0.717, 1.165) is 28.0 Å². The Morgan fingerprint density at radius 2 is 1.83 bits per heavy atom. The van der Waals surface area contributed by atoms with Crippen molar-refractivity contribution in [1.82, 2.24) is 14.0 Å². The van der Waals surface area contributed by atoms with Gasteiger partial charge in [0.1, 0.15) is 22.7 Å². The maximum Gasteiger partial charge on any atom is 0.337 e. The lowest BCUT2D eigenvalue weighted by Gasteiger charge is -2.14. The fourth-order valence-corrected chi connectivity index (χ4v) is 5.19. The molecule has 35 heavy (non-hydrogen) atoms. The molecule has 4 aromatic rings. The Kier molecular flexibility index (Phi) is 6.40. The maximum absolute atomic E-state index is 13.7. The van der Waals surface area contributed by atoms with Crippen LogP contribution in [0.15, 0.2) is 52.1 Å². The van der Waals surface area contributed by atoms with Crippen molar-refractivity contribution in [3.05, 3.63) is 90.7 Å². The first-order valence-electron chi connectivity index (χ1n) is 10.6. The van der Waals surface area contributed by atoms with Gasteiger partial charge in [0.05, 0.1) is 29.6 Å². The number of rotatable bonds is 6. The number of aryl methyl sites for hydroxylation is 1. The van der Waals surface area contributed by atoms with Crippen LogP contribution in [-0.4, -0.2) is 47.4 Å². The molecular weight excluding hydrogens is 473 g/mol. The smallest absolute Gasteiger partial charge is 0.337 e. The van der Waals surface area contributed by atoms with Crippen LogP contribution in [0.4, 0.5) is 4.39 Å². The highest BCUT2D eigenvalue weighted by Crippen LogP contribution is 2.30. The number of aromatic nitrogens is 2. The summed E-state index contributed by atoms with van der Waals surface area (Å²) in [5.41, 5.74) is 0.300. The first kappa shape index (κ1) is 24.1. The van der Waals surface area contributed by atoms with E-state index < -0.39 is 17.1 Å². The molecule has 0 N–H and O–H groups in total. The van der Waals surface area contributed by atoms with Crippen LogP contribution in [-0.2, 0) is 6.54 Å². The molecule has 1 amide bonds. The van der Waals surface area contributed by atoms with Gasteiger partial charge in [-0.1, -0.05) is 0 Å². The number of methoxy groups -OCH3 is 1. The van der Waals surface area contributed by atoms with Crippen molar-refractivity contribution in [2.24, 2.45) is 0 Å². The quantitative estimate of drug-likeness (QED) is 0.383. The monoisotopic (exact) mass is 495 g/mol. The standard InChI is InChI=1S/C25H22FN3O5S/c1-14-20-22(31)29(18-8-6-17(26)7-9-18)25(33)28(24(20)35-21(14)23(32)27(2)3)12-16-11-15(13-30)5-10-19(16)34-4/h5-11,13H,12H2,1-4H3. The van der Waals surface area contributed by atoms with Crippen molar-refractivity contribution in [2.75, 3.05) is 21.2 Å². The van der Waals surface area contributed by atoms with Crippen LogP contribution < -0.4 is 16.0 Å². The summed E-state index contributed by atoms with van der Waals surface area (Å²) in [6.07, 6.45) is 0.684. The third kappa shape index (κ3) is 4.17. The molecule has 2 heterocycles. The Morgan fingerprint density at radius 1 is 1.14 bits per heavy atom. The second kappa shape index (κ2) is 9.30. The Labute approximate surface area is 203 Å². The largest absolute Gasteiger partial charge is 0.496 e. The third-order valence-electron chi connectivity index (χ3n) is 5.67. The minimum Gasteiger partial charge on any atom is -0.496 e. The van der Waals surface area contributed by atoms with Crippen molar-refractivity contribution in [1.29, 1.82) is 0 Å². The number of amides is 1. The summed E-state index contributed by atoms with van der Waals surface area (Å²) >= 11 is 1.05. The normalized spacial score (nSPS) is 11.0. The molecule has 0 bridgehead atoms. The summed E-state index contributed by atoms with van der Waals surface area (Å²) in [7, 11) is 4.68. The van der Waals surface area contributed by atoms with Crippen LogP contribution >= 0.6 is 11.3 Å². The molecule has 0 atom stereocenters. The first-order chi connectivity index (χ1) is 16.7. The highest BCUT2D eigenvalue weighted by Gasteiger charge is 2.25. The van der Waals surface area contributed by atoms with E-state index in [1.807, 2.05) is 0 Å². The average Bonchev–Trinajstić information content (AvgIpc) is 3.19. The van der Waals surface area contributed by atoms with Crippen molar-refractivity contribution >= 4 is 33.7 Å². The predicted octanol–water partition coefficient (Wildman–Crippen LogP) is 3.23. The lowest BCUT2D eigenvalue weighted by Crippen LogP contribution is -2.39. The van der Waals surface area contributed by atoms with Crippen LogP contribution in [0.1, 0.15) is 31.2 Å². The molecule has 4 rings (SSSR count). The molecule has 0 radical (unpaired) electrons. The second-order valence-corrected chi connectivity index (χ2v) is 9.11. The summed E-state index contributed by atoms with van der Waals surface area (Å²) in [4.78, 5) is 53.5. The second-order valence-electron chi connectivity index (χ2n) is 8.11. The Balaban J connectivity index is 2.09. The average molecular weight is 496 g/mol. The number of hydrogen-bond donors (Lipinski definition) is 0. The summed E-state index contributed by atoms with van der Waals surface area (Å²) in [6, 6.07) is 9.82. The number of aldehydes is 1. The molecule has 0 saturated heterocycles. The number of ether oxygens (including phenoxy) is 1. The van der Waals surface area contributed by atoms with Crippen LogP contribution in [0.25, 0.3) is 15.9 Å². The number of thiophene rings is 1. The molecule has 0 saturated carbocycles. The topological polar surface area (TPSA) is 90.6 Å². The third-order valence-corrected chi connectivity index (χ3v) is 6.97. The highest BCUT2D eigenvalue weighted by molar-refractivity contribution is 7.20. The highest BCUT2D eigenvalue weighted by atomic mass is 32.1. The Morgan fingerprint density at radius 3 is 2.43 bits per heavy atom. The molecule has 0 aliphatic heterocycles. The zero-order valence-electron chi connectivity index (χ0n) is 19.5. The minimum absolute atomic E-state index is 0.0305. The van der Waals surface area contributed by atoms with Gasteiger partial charge in [-0.05, 0) is 55.0 Å². The number of halogens is 1. The molecule has 0 spiro atoms. The van der Waals surface area contributed by atoms with Gasteiger partial charge in [0, 0.05) is 25.2 Å². The van der Waals surface area contributed by atoms with E-state index >= 15 is 0 Å². The van der Waals surface area contributed by atoms with Gasteiger partial charge >= 0.3 is 5.69 Å². The summed E-state index contributed by atoms with van der Waals surface area (Å²) in [5.74, 6) is -0.354. The van der Waals surface area contributed by atoms with E-state index in [1.54, 1.807) is 39.2 Å². The maximum atomic E-state index is 13.7. The van der Waals surface area contributed by atoms with E-state index in [1.165, 1.54) is 28.7 Å². The first-order valence-corrected chi connectivity index (χ1v) is 11.4. The number of nitrogens with zero attached hydrogens (tertiary/aromatic N) is 3. The fraction of sp³-hybridized carbons (Fsp3) is 0.200. The van der Waals surface area contributed by atoms with E-state index in [2.05, 4.69) is 0 Å². The number of benzene rings is 2. The minimum atomic E-state index is -0.669. The van der Waals surface area contributed by atoms with Crippen LogP contribution in [0.2, 0.25) is 0 Å². The van der Waals surface area contributed by atoms with Gasteiger partial charge in [0.25, 0.3) is 11.5 Å². The molecule has 0 fully saturated rings. The number of hydrogen-bond acceptors (Lipinski definition) is 6. The van der Waals surface area contributed by atoms with Gasteiger partial charge in [0.15, 0.2) is 0 Å². The van der Waals surface area contributed by atoms with E-state index in [4.69, 9.17) is 4.74 Å². The molecule has 2 aromatic heterocycles. The number of carbonyl (C=O) groups is 2. The van der Waals surface area contributed by atoms with Gasteiger partial charge in [0.2, 0.25) is 0 Å². The molecule has 0 unspecified atom stereocenters. The van der Waals surface area contributed by atoms with Crippen LogP contribution in [0.3, 0.4) is 0 Å². The lowest BCUT2D eigenvalue weighted by molar-refractivity contribution is 0.0831. The number of carbonyl (C=O) groups excluding carboxylic acids is 2. The molecule has 180 valence electrons. The zero-order valence-corrected chi connectivity index (χ0v) is 20.3. The fourth-order valence-electron chi connectivity index (χ4n) is 3.88. The lowest BCUT2D eigenvalue weighted by atomic mass is 10.1. The van der Waals surface area contributed by atoms with Crippen molar-refractivity contribution in [3.8, 4) is 11.4 Å². The Bertz CT molecular complexity index is 1580. The van der Waals surface area contributed by atoms with Gasteiger partial charge in [-0.15, -0.1) is 11.3 Å². The van der Waals surface area contributed by atoms with Gasteiger partial charge in [-0.2, -0.15) is 0 Å². The predicted molar refractivity (Wildman–Crippen MR) is 132 cm³/mol. The molecule has 8 nitrogen and oxygen atoms in total.